The van der Waals surface area contributed by atoms with Crippen molar-refractivity contribution in [3.63, 3.8) is 0 Å². The summed E-state index contributed by atoms with van der Waals surface area (Å²) >= 11 is 0. The molecular formula is C16H29NO. The smallest absolute Gasteiger partial charge is 0.0644 e. The van der Waals surface area contributed by atoms with Gasteiger partial charge >= 0.3 is 0 Å². The maximum Gasteiger partial charge on any atom is 0.0644 e. The SMILES string of the molecule is C=CCOCC1CC(C)(C)N(CC=C)C(C)(C)C1. The van der Waals surface area contributed by atoms with Crippen molar-refractivity contribution in [3.8, 4) is 0 Å². The van der Waals surface area contributed by atoms with E-state index in [1.54, 1.807) is 0 Å². The van der Waals surface area contributed by atoms with Crippen molar-refractivity contribution in [2.75, 3.05) is 19.8 Å². The first-order valence-electron chi connectivity index (χ1n) is 6.91. The molecule has 0 aromatic heterocycles. The maximum absolute atomic E-state index is 5.65. The first-order valence-corrected chi connectivity index (χ1v) is 6.91. The Morgan fingerprint density at radius 3 is 2.11 bits per heavy atom. The number of likely N-dealkylation sites (tertiary alicyclic amines) is 1. The third-order valence-electron chi connectivity index (χ3n) is 3.94. The van der Waals surface area contributed by atoms with E-state index in [9.17, 15) is 0 Å². The van der Waals surface area contributed by atoms with Gasteiger partial charge in [0.15, 0.2) is 0 Å². The Morgan fingerprint density at radius 2 is 1.67 bits per heavy atom. The summed E-state index contributed by atoms with van der Waals surface area (Å²) in [5.41, 5.74) is 0.413. The fraction of sp³-hybridized carbons (Fsp3) is 0.750. The molecule has 0 atom stereocenters. The summed E-state index contributed by atoms with van der Waals surface area (Å²) in [5, 5.41) is 0. The van der Waals surface area contributed by atoms with Crippen molar-refractivity contribution in [2.45, 2.75) is 51.6 Å². The van der Waals surface area contributed by atoms with Crippen LogP contribution in [0.25, 0.3) is 0 Å². The van der Waals surface area contributed by atoms with Crippen LogP contribution in [0.1, 0.15) is 40.5 Å². The average Bonchev–Trinajstić information content (AvgIpc) is 2.23. The van der Waals surface area contributed by atoms with Gasteiger partial charge in [-0.2, -0.15) is 0 Å². The second kappa shape index (κ2) is 6.03. The lowest BCUT2D eigenvalue weighted by Gasteiger charge is -2.55. The number of hydrogen-bond acceptors (Lipinski definition) is 2. The summed E-state index contributed by atoms with van der Waals surface area (Å²) in [5.74, 6) is 0.635. The van der Waals surface area contributed by atoms with Crippen molar-refractivity contribution in [2.24, 2.45) is 5.92 Å². The molecule has 0 bridgehead atoms. The zero-order valence-electron chi connectivity index (χ0n) is 12.5. The Kier molecular flexibility index (Phi) is 5.18. The standard InChI is InChI=1S/C16H29NO/c1-7-9-17-15(3,4)11-14(12-16(17,5)6)13-18-10-8-2/h7-8,14H,1-2,9-13H2,3-6H3. The minimum atomic E-state index is 0.206. The molecule has 0 unspecified atom stereocenters. The number of hydrogen-bond donors (Lipinski definition) is 0. The molecule has 0 radical (unpaired) electrons. The molecule has 1 aliphatic rings. The second-order valence-corrected chi connectivity index (χ2v) is 6.62. The molecular weight excluding hydrogens is 222 g/mol. The van der Waals surface area contributed by atoms with Crippen LogP contribution >= 0.6 is 0 Å². The van der Waals surface area contributed by atoms with Crippen LogP contribution in [0.4, 0.5) is 0 Å². The van der Waals surface area contributed by atoms with Gasteiger partial charge in [-0.1, -0.05) is 12.2 Å². The predicted molar refractivity (Wildman–Crippen MR) is 78.8 cm³/mol. The van der Waals surface area contributed by atoms with Crippen molar-refractivity contribution in [1.29, 1.82) is 0 Å². The van der Waals surface area contributed by atoms with Gasteiger partial charge in [0.25, 0.3) is 0 Å². The summed E-state index contributed by atoms with van der Waals surface area (Å²) in [6, 6.07) is 0. The van der Waals surface area contributed by atoms with E-state index in [-0.39, 0.29) is 11.1 Å². The van der Waals surface area contributed by atoms with E-state index in [2.05, 4.69) is 45.8 Å². The van der Waals surface area contributed by atoms with E-state index in [0.29, 0.717) is 12.5 Å². The van der Waals surface area contributed by atoms with E-state index in [1.807, 2.05) is 12.2 Å². The lowest BCUT2D eigenvalue weighted by molar-refractivity contribution is -0.0598. The first kappa shape index (κ1) is 15.5. The Hall–Kier alpha value is -0.600. The molecule has 104 valence electrons. The highest BCUT2D eigenvalue weighted by atomic mass is 16.5. The zero-order chi connectivity index (χ0) is 13.8. The molecule has 0 aromatic carbocycles. The molecule has 0 amide bonds. The van der Waals surface area contributed by atoms with Crippen molar-refractivity contribution in [1.82, 2.24) is 4.90 Å². The van der Waals surface area contributed by atoms with E-state index in [1.165, 1.54) is 12.8 Å². The normalized spacial score (nSPS) is 23.8. The summed E-state index contributed by atoms with van der Waals surface area (Å²) in [4.78, 5) is 2.57. The predicted octanol–water partition coefficient (Wildman–Crippen LogP) is 3.64. The highest BCUT2D eigenvalue weighted by molar-refractivity contribution is 5.01. The van der Waals surface area contributed by atoms with Crippen LogP contribution in [0, 0.1) is 5.92 Å². The summed E-state index contributed by atoms with van der Waals surface area (Å²) in [6.07, 6.45) is 6.20. The second-order valence-electron chi connectivity index (χ2n) is 6.62. The van der Waals surface area contributed by atoms with Gasteiger partial charge in [-0.3, -0.25) is 4.90 Å². The van der Waals surface area contributed by atoms with Crippen LogP contribution in [-0.4, -0.2) is 35.7 Å². The summed E-state index contributed by atoms with van der Waals surface area (Å²) in [7, 11) is 0. The van der Waals surface area contributed by atoms with Gasteiger partial charge in [0, 0.05) is 24.2 Å². The topological polar surface area (TPSA) is 12.5 Å². The van der Waals surface area contributed by atoms with Crippen molar-refractivity contribution < 1.29 is 4.74 Å². The highest BCUT2D eigenvalue weighted by Crippen LogP contribution is 2.41. The van der Waals surface area contributed by atoms with Gasteiger partial charge in [-0.15, -0.1) is 13.2 Å². The molecule has 0 aromatic rings. The van der Waals surface area contributed by atoms with Crippen molar-refractivity contribution in [3.05, 3.63) is 25.3 Å². The van der Waals surface area contributed by atoms with E-state index >= 15 is 0 Å². The van der Waals surface area contributed by atoms with E-state index < -0.39 is 0 Å². The molecule has 0 aliphatic carbocycles. The minimum absolute atomic E-state index is 0.206. The van der Waals surface area contributed by atoms with Gasteiger partial charge < -0.3 is 4.74 Å². The number of rotatable bonds is 6. The molecule has 1 rings (SSSR count). The fourth-order valence-electron chi connectivity index (χ4n) is 3.58. The number of piperidine rings is 1. The highest BCUT2D eigenvalue weighted by Gasteiger charge is 2.44. The van der Waals surface area contributed by atoms with Crippen LogP contribution < -0.4 is 0 Å². The van der Waals surface area contributed by atoms with Crippen LogP contribution in [0.3, 0.4) is 0 Å². The fourth-order valence-corrected chi connectivity index (χ4v) is 3.58. The number of nitrogens with zero attached hydrogens (tertiary/aromatic N) is 1. The van der Waals surface area contributed by atoms with Crippen LogP contribution in [0.15, 0.2) is 25.3 Å². The Labute approximate surface area is 113 Å². The molecule has 1 heterocycles. The third kappa shape index (κ3) is 3.69. The van der Waals surface area contributed by atoms with E-state index in [4.69, 9.17) is 4.74 Å². The van der Waals surface area contributed by atoms with Gasteiger partial charge in [0.1, 0.15) is 0 Å². The van der Waals surface area contributed by atoms with E-state index in [0.717, 1.165) is 13.2 Å². The monoisotopic (exact) mass is 251 g/mol. The Bertz CT molecular complexity index is 275. The number of ether oxygens (including phenoxy) is 1. The molecule has 0 spiro atoms. The molecule has 2 nitrogen and oxygen atoms in total. The maximum atomic E-state index is 5.65. The minimum Gasteiger partial charge on any atom is -0.377 e. The summed E-state index contributed by atoms with van der Waals surface area (Å²) in [6.45, 7) is 19.4. The van der Waals surface area contributed by atoms with Gasteiger partial charge in [0.05, 0.1) is 6.61 Å². The lowest BCUT2D eigenvalue weighted by Crippen LogP contribution is -2.61. The molecule has 0 N–H and O–H groups in total. The van der Waals surface area contributed by atoms with Crippen LogP contribution in [0.5, 0.6) is 0 Å². The lowest BCUT2D eigenvalue weighted by atomic mass is 9.74. The molecule has 1 aliphatic heterocycles. The largest absolute Gasteiger partial charge is 0.377 e. The van der Waals surface area contributed by atoms with Crippen LogP contribution in [0.2, 0.25) is 0 Å². The molecule has 0 saturated carbocycles. The molecule has 18 heavy (non-hydrogen) atoms. The van der Waals surface area contributed by atoms with Gasteiger partial charge in [-0.25, -0.2) is 0 Å². The molecule has 1 fully saturated rings. The molecule has 1 saturated heterocycles. The van der Waals surface area contributed by atoms with Gasteiger partial charge in [-0.05, 0) is 46.5 Å². The Balaban J connectivity index is 2.71. The third-order valence-corrected chi connectivity index (χ3v) is 3.94. The molecule has 2 heteroatoms. The first-order chi connectivity index (χ1) is 8.33. The Morgan fingerprint density at radius 1 is 1.11 bits per heavy atom. The quantitative estimate of drug-likeness (QED) is 0.528. The van der Waals surface area contributed by atoms with Gasteiger partial charge in [0.2, 0.25) is 0 Å². The average molecular weight is 251 g/mol. The van der Waals surface area contributed by atoms with Crippen molar-refractivity contribution >= 4 is 0 Å². The summed E-state index contributed by atoms with van der Waals surface area (Å²) < 4.78 is 5.65. The zero-order valence-corrected chi connectivity index (χ0v) is 12.5. The van der Waals surface area contributed by atoms with Crippen LogP contribution in [-0.2, 0) is 4.74 Å².